The van der Waals surface area contributed by atoms with Gasteiger partial charge in [-0.15, -0.1) is 0 Å². The summed E-state index contributed by atoms with van der Waals surface area (Å²) in [5, 5.41) is 0. The molecule has 1 aliphatic rings. The van der Waals surface area contributed by atoms with Gasteiger partial charge >= 0.3 is 0 Å². The standard InChI is InChI=1S/C15H24N2O3S/c1-3-6-13-7-4-5-10-17(13)21(18,19)15-11-12(16)8-9-14(15)20-2/h8-9,11,13H,3-7,10,16H2,1-2H3. The molecule has 1 heterocycles. The molecule has 2 N–H and O–H groups in total. The molecular weight excluding hydrogens is 288 g/mol. The van der Waals surface area contributed by atoms with Gasteiger partial charge < -0.3 is 10.5 Å². The molecule has 0 aromatic heterocycles. The molecule has 1 unspecified atom stereocenters. The van der Waals surface area contributed by atoms with E-state index in [0.29, 0.717) is 18.0 Å². The van der Waals surface area contributed by atoms with E-state index in [2.05, 4.69) is 6.92 Å². The molecule has 1 aromatic rings. The number of rotatable bonds is 5. The normalized spacial score (nSPS) is 20.4. The lowest BCUT2D eigenvalue weighted by atomic mass is 10.0. The average Bonchev–Trinajstić information content (AvgIpc) is 2.48. The molecule has 118 valence electrons. The molecule has 0 radical (unpaired) electrons. The number of benzene rings is 1. The van der Waals surface area contributed by atoms with Crippen LogP contribution in [0.4, 0.5) is 5.69 Å². The van der Waals surface area contributed by atoms with Gasteiger partial charge in [-0.25, -0.2) is 8.42 Å². The Labute approximate surface area is 127 Å². The molecule has 1 saturated heterocycles. The highest BCUT2D eigenvalue weighted by atomic mass is 32.2. The summed E-state index contributed by atoms with van der Waals surface area (Å²) in [5.74, 6) is 0.352. The van der Waals surface area contributed by atoms with Crippen LogP contribution < -0.4 is 10.5 Å². The van der Waals surface area contributed by atoms with Gasteiger partial charge in [-0.3, -0.25) is 0 Å². The molecule has 1 atom stereocenters. The molecule has 1 aromatic carbocycles. The average molecular weight is 312 g/mol. The number of ether oxygens (including phenoxy) is 1. The fraction of sp³-hybridized carbons (Fsp3) is 0.600. The first-order chi connectivity index (χ1) is 10.0. The number of nitrogen functional groups attached to an aromatic ring is 1. The van der Waals surface area contributed by atoms with Crippen LogP contribution in [0.1, 0.15) is 39.0 Å². The maximum absolute atomic E-state index is 13.0. The summed E-state index contributed by atoms with van der Waals surface area (Å²) in [6.45, 7) is 2.66. The smallest absolute Gasteiger partial charge is 0.247 e. The number of hydrogen-bond donors (Lipinski definition) is 1. The first-order valence-corrected chi connectivity index (χ1v) is 8.90. The maximum Gasteiger partial charge on any atom is 0.247 e. The molecule has 0 amide bonds. The highest BCUT2D eigenvalue weighted by Gasteiger charge is 2.34. The van der Waals surface area contributed by atoms with Crippen molar-refractivity contribution >= 4 is 15.7 Å². The van der Waals surface area contributed by atoms with Gasteiger partial charge in [-0.2, -0.15) is 4.31 Å². The summed E-state index contributed by atoms with van der Waals surface area (Å²) in [6.07, 6.45) is 4.79. The van der Waals surface area contributed by atoms with Crippen molar-refractivity contribution in [2.75, 3.05) is 19.4 Å². The Bertz CT molecular complexity index is 585. The van der Waals surface area contributed by atoms with E-state index >= 15 is 0 Å². The predicted octanol–water partition coefficient (Wildman–Crippen LogP) is 2.62. The number of hydrogen-bond acceptors (Lipinski definition) is 4. The molecule has 1 fully saturated rings. The minimum Gasteiger partial charge on any atom is -0.495 e. The SMILES string of the molecule is CCCC1CCCCN1S(=O)(=O)c1cc(N)ccc1OC. The zero-order chi connectivity index (χ0) is 15.5. The molecule has 0 aliphatic carbocycles. The maximum atomic E-state index is 13.0. The van der Waals surface area contributed by atoms with Crippen LogP contribution in [0.5, 0.6) is 5.75 Å². The molecule has 0 bridgehead atoms. The third-order valence-corrected chi connectivity index (χ3v) is 5.94. The summed E-state index contributed by atoms with van der Waals surface area (Å²) < 4.78 is 32.8. The molecule has 21 heavy (non-hydrogen) atoms. The van der Waals surface area contributed by atoms with Gasteiger partial charge in [0.15, 0.2) is 0 Å². The molecule has 1 aliphatic heterocycles. The fourth-order valence-electron chi connectivity index (χ4n) is 2.93. The van der Waals surface area contributed by atoms with E-state index in [4.69, 9.17) is 10.5 Å². The van der Waals surface area contributed by atoms with Gasteiger partial charge in [0.25, 0.3) is 0 Å². The number of nitrogens with zero attached hydrogens (tertiary/aromatic N) is 1. The Morgan fingerprint density at radius 3 is 2.81 bits per heavy atom. The minimum atomic E-state index is -3.57. The quantitative estimate of drug-likeness (QED) is 0.848. The second kappa shape index (κ2) is 6.66. The van der Waals surface area contributed by atoms with Gasteiger partial charge in [0.2, 0.25) is 10.0 Å². The van der Waals surface area contributed by atoms with Crippen LogP contribution >= 0.6 is 0 Å². The molecule has 0 spiro atoms. The highest BCUT2D eigenvalue weighted by Crippen LogP contribution is 2.33. The highest BCUT2D eigenvalue weighted by molar-refractivity contribution is 7.89. The van der Waals surface area contributed by atoms with Crippen molar-refractivity contribution in [1.82, 2.24) is 4.31 Å². The fourth-order valence-corrected chi connectivity index (χ4v) is 4.85. The summed E-state index contributed by atoms with van der Waals surface area (Å²) in [6, 6.07) is 4.84. The molecular formula is C15H24N2O3S. The zero-order valence-electron chi connectivity index (χ0n) is 12.7. The lowest BCUT2D eigenvalue weighted by Crippen LogP contribution is -2.43. The van der Waals surface area contributed by atoms with Gasteiger partial charge in [0.1, 0.15) is 10.6 Å². The third-order valence-electron chi connectivity index (χ3n) is 3.97. The van der Waals surface area contributed by atoms with Crippen molar-refractivity contribution in [1.29, 1.82) is 0 Å². The largest absolute Gasteiger partial charge is 0.495 e. The summed E-state index contributed by atoms with van der Waals surface area (Å²) in [4.78, 5) is 0.174. The van der Waals surface area contributed by atoms with E-state index in [1.54, 1.807) is 16.4 Å². The minimum absolute atomic E-state index is 0.0832. The summed E-state index contributed by atoms with van der Waals surface area (Å²) in [5.41, 5.74) is 6.19. The lowest BCUT2D eigenvalue weighted by Gasteiger charge is -2.35. The van der Waals surface area contributed by atoms with E-state index in [1.807, 2.05) is 0 Å². The molecule has 2 rings (SSSR count). The van der Waals surface area contributed by atoms with E-state index < -0.39 is 10.0 Å². The number of anilines is 1. The predicted molar refractivity (Wildman–Crippen MR) is 83.8 cm³/mol. The Morgan fingerprint density at radius 1 is 1.38 bits per heavy atom. The van der Waals surface area contributed by atoms with Crippen molar-refractivity contribution in [2.24, 2.45) is 0 Å². The Morgan fingerprint density at radius 2 is 2.14 bits per heavy atom. The summed E-state index contributed by atoms with van der Waals surface area (Å²) >= 11 is 0. The van der Waals surface area contributed by atoms with Gasteiger partial charge in [0, 0.05) is 18.3 Å². The first kappa shape index (κ1) is 16.1. The van der Waals surface area contributed by atoms with Crippen LogP contribution in [0.2, 0.25) is 0 Å². The lowest BCUT2D eigenvalue weighted by molar-refractivity contribution is 0.239. The van der Waals surface area contributed by atoms with E-state index in [9.17, 15) is 8.42 Å². The van der Waals surface area contributed by atoms with Crippen LogP contribution in [0.25, 0.3) is 0 Å². The topological polar surface area (TPSA) is 72.6 Å². The van der Waals surface area contributed by atoms with Gasteiger partial charge in [0.05, 0.1) is 7.11 Å². The number of piperidine rings is 1. The van der Waals surface area contributed by atoms with Gasteiger partial charge in [-0.1, -0.05) is 19.8 Å². The Balaban J connectivity index is 2.42. The second-order valence-corrected chi connectivity index (χ2v) is 7.32. The third kappa shape index (κ3) is 3.32. The number of sulfonamides is 1. The molecule has 5 nitrogen and oxygen atoms in total. The van der Waals surface area contributed by atoms with Crippen LogP contribution in [-0.4, -0.2) is 32.4 Å². The van der Waals surface area contributed by atoms with Crippen molar-refractivity contribution in [3.05, 3.63) is 18.2 Å². The van der Waals surface area contributed by atoms with Crippen LogP contribution in [-0.2, 0) is 10.0 Å². The molecule has 6 heteroatoms. The monoisotopic (exact) mass is 312 g/mol. The number of nitrogens with two attached hydrogens (primary N) is 1. The Kier molecular flexibility index (Phi) is 5.11. The Hall–Kier alpha value is -1.27. The number of methoxy groups -OCH3 is 1. The van der Waals surface area contributed by atoms with Crippen molar-refractivity contribution in [2.45, 2.75) is 50.0 Å². The van der Waals surface area contributed by atoms with E-state index in [0.717, 1.165) is 32.1 Å². The van der Waals surface area contributed by atoms with Gasteiger partial charge in [-0.05, 0) is 37.5 Å². The van der Waals surface area contributed by atoms with E-state index in [1.165, 1.54) is 13.2 Å². The van der Waals surface area contributed by atoms with Crippen LogP contribution in [0, 0.1) is 0 Å². The van der Waals surface area contributed by atoms with Crippen molar-refractivity contribution in [3.8, 4) is 5.75 Å². The first-order valence-electron chi connectivity index (χ1n) is 7.46. The second-order valence-electron chi connectivity index (χ2n) is 5.46. The summed E-state index contributed by atoms with van der Waals surface area (Å²) in [7, 11) is -2.09. The van der Waals surface area contributed by atoms with Crippen molar-refractivity contribution < 1.29 is 13.2 Å². The molecule has 0 saturated carbocycles. The van der Waals surface area contributed by atoms with E-state index in [-0.39, 0.29) is 10.9 Å². The van der Waals surface area contributed by atoms with Crippen LogP contribution in [0.15, 0.2) is 23.1 Å². The van der Waals surface area contributed by atoms with Crippen LogP contribution in [0.3, 0.4) is 0 Å². The van der Waals surface area contributed by atoms with Crippen molar-refractivity contribution in [3.63, 3.8) is 0 Å². The zero-order valence-corrected chi connectivity index (χ0v) is 13.5.